The van der Waals surface area contributed by atoms with Crippen molar-refractivity contribution in [2.45, 2.75) is 29.2 Å². The maximum atomic E-state index is 9.96. The van der Waals surface area contributed by atoms with E-state index in [2.05, 4.69) is 5.10 Å². The smallest absolute Gasteiger partial charge is 0.0798 e. The number of hydrogen-bond donors (Lipinski definition) is 1. The molecule has 0 fully saturated rings. The Bertz CT molecular complexity index is 496. The van der Waals surface area contributed by atoms with Crippen LogP contribution >= 0.6 is 11.8 Å². The molecule has 0 saturated heterocycles. The first kappa shape index (κ1) is 12.2. The minimum Gasteiger partial charge on any atom is -0.388 e. The zero-order valence-corrected chi connectivity index (χ0v) is 10.8. The molecule has 0 radical (unpaired) electrons. The van der Waals surface area contributed by atoms with Crippen molar-refractivity contribution >= 4 is 11.8 Å². The fourth-order valence-corrected chi connectivity index (χ4v) is 2.67. The molecule has 0 saturated carbocycles. The summed E-state index contributed by atoms with van der Waals surface area (Å²) in [6.45, 7) is 1.98. The maximum absolute atomic E-state index is 9.96. The monoisotopic (exact) mass is 248 g/mol. The quantitative estimate of drug-likeness (QED) is 0.904. The lowest BCUT2D eigenvalue weighted by Gasteiger charge is -2.12. The van der Waals surface area contributed by atoms with E-state index in [9.17, 15) is 5.11 Å². The summed E-state index contributed by atoms with van der Waals surface area (Å²) in [6, 6.07) is 7.96. The summed E-state index contributed by atoms with van der Waals surface area (Å²) < 4.78 is 1.78. The molecule has 0 aliphatic heterocycles. The van der Waals surface area contributed by atoms with Gasteiger partial charge in [-0.1, -0.05) is 36.9 Å². The zero-order valence-electron chi connectivity index (χ0n) is 10.00. The predicted molar refractivity (Wildman–Crippen MR) is 69.0 cm³/mol. The van der Waals surface area contributed by atoms with Gasteiger partial charge in [0.2, 0.25) is 0 Å². The van der Waals surface area contributed by atoms with Gasteiger partial charge in [0.05, 0.1) is 17.2 Å². The molecule has 0 amide bonds. The molecular formula is C13H16N2OS. The number of hydrogen-bond acceptors (Lipinski definition) is 3. The Morgan fingerprint density at radius 2 is 2.18 bits per heavy atom. The molecule has 1 unspecified atom stereocenters. The van der Waals surface area contributed by atoms with E-state index in [0.29, 0.717) is 0 Å². The molecule has 2 aromatic rings. The van der Waals surface area contributed by atoms with Crippen molar-refractivity contribution in [3.05, 3.63) is 42.2 Å². The maximum Gasteiger partial charge on any atom is 0.0798 e. The van der Waals surface area contributed by atoms with Crippen molar-refractivity contribution in [1.29, 1.82) is 0 Å². The molecule has 0 bridgehead atoms. The summed E-state index contributed by atoms with van der Waals surface area (Å²) in [7, 11) is 1.90. The summed E-state index contributed by atoms with van der Waals surface area (Å²) in [4.78, 5) is 2.18. The highest BCUT2D eigenvalue weighted by atomic mass is 32.2. The largest absolute Gasteiger partial charge is 0.388 e. The van der Waals surface area contributed by atoms with Crippen LogP contribution in [0.2, 0.25) is 0 Å². The summed E-state index contributed by atoms with van der Waals surface area (Å²) in [5.74, 6) is 0. The van der Waals surface area contributed by atoms with E-state index in [-0.39, 0.29) is 0 Å². The van der Waals surface area contributed by atoms with Gasteiger partial charge in [0, 0.05) is 18.1 Å². The van der Waals surface area contributed by atoms with Crippen LogP contribution in [-0.2, 0) is 7.05 Å². The summed E-state index contributed by atoms with van der Waals surface area (Å²) >= 11 is 1.64. The van der Waals surface area contributed by atoms with Gasteiger partial charge >= 0.3 is 0 Å². The van der Waals surface area contributed by atoms with Gasteiger partial charge in [-0.15, -0.1) is 0 Å². The first-order valence-corrected chi connectivity index (χ1v) is 6.46. The van der Waals surface area contributed by atoms with Crippen molar-refractivity contribution in [2.24, 2.45) is 7.05 Å². The third-order valence-electron chi connectivity index (χ3n) is 2.57. The lowest BCUT2D eigenvalue weighted by molar-refractivity contribution is 0.171. The number of nitrogens with zero attached hydrogens (tertiary/aromatic N) is 2. The van der Waals surface area contributed by atoms with Crippen molar-refractivity contribution in [3.63, 3.8) is 0 Å². The Kier molecular flexibility index (Phi) is 3.86. The highest BCUT2D eigenvalue weighted by Crippen LogP contribution is 2.33. The van der Waals surface area contributed by atoms with Crippen LogP contribution in [0.1, 0.15) is 25.0 Å². The predicted octanol–water partition coefficient (Wildman–Crippen LogP) is 3.01. The lowest BCUT2D eigenvalue weighted by atomic mass is 10.1. The van der Waals surface area contributed by atoms with Crippen molar-refractivity contribution in [3.8, 4) is 0 Å². The van der Waals surface area contributed by atoms with Crippen LogP contribution in [0.15, 0.2) is 46.5 Å². The molecule has 0 spiro atoms. The zero-order chi connectivity index (χ0) is 12.3. The number of benzene rings is 1. The molecule has 1 atom stereocenters. The Balaban J connectivity index is 2.26. The van der Waals surface area contributed by atoms with E-state index in [1.165, 1.54) is 0 Å². The SMILES string of the molecule is CCC(O)c1ccccc1Sc1cnn(C)c1. The van der Waals surface area contributed by atoms with E-state index in [1.54, 1.807) is 16.4 Å². The molecule has 1 aromatic carbocycles. The van der Waals surface area contributed by atoms with E-state index < -0.39 is 6.10 Å². The highest BCUT2D eigenvalue weighted by molar-refractivity contribution is 7.99. The minimum atomic E-state index is -0.393. The third kappa shape index (κ3) is 2.90. The van der Waals surface area contributed by atoms with Crippen LogP contribution in [0.5, 0.6) is 0 Å². The lowest BCUT2D eigenvalue weighted by Crippen LogP contribution is -1.96. The van der Waals surface area contributed by atoms with Gasteiger partial charge in [-0.05, 0) is 18.1 Å². The Morgan fingerprint density at radius 3 is 2.82 bits per heavy atom. The fourth-order valence-electron chi connectivity index (χ4n) is 1.65. The normalized spacial score (nSPS) is 12.6. The second-order valence-corrected chi connectivity index (χ2v) is 5.03. The number of aryl methyl sites for hydroxylation is 1. The second-order valence-electron chi connectivity index (χ2n) is 3.91. The number of aliphatic hydroxyl groups excluding tert-OH is 1. The van der Waals surface area contributed by atoms with E-state index in [1.807, 2.05) is 50.6 Å². The second kappa shape index (κ2) is 5.38. The van der Waals surface area contributed by atoms with Gasteiger partial charge in [-0.2, -0.15) is 5.10 Å². The molecule has 2 rings (SSSR count). The molecular weight excluding hydrogens is 232 g/mol. The molecule has 1 aromatic heterocycles. The average molecular weight is 248 g/mol. The van der Waals surface area contributed by atoms with Gasteiger partial charge in [0.25, 0.3) is 0 Å². The van der Waals surface area contributed by atoms with Crippen molar-refractivity contribution < 1.29 is 5.11 Å². The van der Waals surface area contributed by atoms with E-state index >= 15 is 0 Å². The van der Waals surface area contributed by atoms with Crippen LogP contribution in [-0.4, -0.2) is 14.9 Å². The van der Waals surface area contributed by atoms with Gasteiger partial charge in [0.15, 0.2) is 0 Å². The van der Waals surface area contributed by atoms with E-state index in [0.717, 1.165) is 21.8 Å². The Hall–Kier alpha value is -1.26. The van der Waals surface area contributed by atoms with Crippen molar-refractivity contribution in [2.75, 3.05) is 0 Å². The van der Waals surface area contributed by atoms with Crippen LogP contribution in [0.3, 0.4) is 0 Å². The Labute approximate surface area is 105 Å². The fraction of sp³-hybridized carbons (Fsp3) is 0.308. The van der Waals surface area contributed by atoms with Crippen molar-refractivity contribution in [1.82, 2.24) is 9.78 Å². The van der Waals surface area contributed by atoms with Gasteiger partial charge in [0.1, 0.15) is 0 Å². The van der Waals surface area contributed by atoms with Gasteiger partial charge in [-0.3, -0.25) is 4.68 Å². The Morgan fingerprint density at radius 1 is 1.41 bits per heavy atom. The van der Waals surface area contributed by atoms with Crippen LogP contribution in [0.4, 0.5) is 0 Å². The molecule has 0 aliphatic carbocycles. The van der Waals surface area contributed by atoms with Crippen LogP contribution in [0, 0.1) is 0 Å². The molecule has 90 valence electrons. The first-order valence-electron chi connectivity index (χ1n) is 5.64. The van der Waals surface area contributed by atoms with E-state index in [4.69, 9.17) is 0 Å². The average Bonchev–Trinajstić information content (AvgIpc) is 2.74. The number of rotatable bonds is 4. The summed E-state index contributed by atoms with van der Waals surface area (Å²) in [6.07, 6.45) is 4.14. The molecule has 17 heavy (non-hydrogen) atoms. The molecule has 4 heteroatoms. The van der Waals surface area contributed by atoms with Gasteiger partial charge < -0.3 is 5.11 Å². The molecule has 1 N–H and O–H groups in total. The number of aliphatic hydroxyl groups is 1. The summed E-state index contributed by atoms with van der Waals surface area (Å²) in [5.41, 5.74) is 0.990. The molecule has 3 nitrogen and oxygen atoms in total. The van der Waals surface area contributed by atoms with Crippen LogP contribution < -0.4 is 0 Å². The number of aromatic nitrogens is 2. The summed E-state index contributed by atoms with van der Waals surface area (Å²) in [5, 5.41) is 14.1. The third-order valence-corrected chi connectivity index (χ3v) is 3.61. The molecule has 1 heterocycles. The first-order chi connectivity index (χ1) is 8.20. The van der Waals surface area contributed by atoms with Gasteiger partial charge in [-0.25, -0.2) is 0 Å². The molecule has 0 aliphatic rings. The van der Waals surface area contributed by atoms with Crippen LogP contribution in [0.25, 0.3) is 0 Å². The topological polar surface area (TPSA) is 38.1 Å². The standard InChI is InChI=1S/C13H16N2OS/c1-3-12(16)11-6-4-5-7-13(11)17-10-8-14-15(2)9-10/h4-9,12,16H,3H2,1-2H3. The minimum absolute atomic E-state index is 0.393. The highest BCUT2D eigenvalue weighted by Gasteiger charge is 2.11.